The first-order valence-electron chi connectivity index (χ1n) is 12.9. The number of halogens is 2. The number of alkyl halides is 1. The normalized spacial score (nSPS) is 13.0. The van der Waals surface area contributed by atoms with Crippen LogP contribution in [0.1, 0.15) is 45.8 Å². The Kier molecular flexibility index (Phi) is 7.12. The standard InChI is InChI=1S/C29H27ClFN7OS/c1-16-13-38(17(2)35-16)22-8-18(11-31)7-19(9-22)12-32-21-5-6-24(30)25(10-21)37-29(39)23-14-40-27-26(23)33-15-34-28(27)36-20-3-4-20/h5-10,13-15,20,32H,3-4,11-12H2,1-2H3,(H,37,39)(H,33,34,36). The molecule has 0 unspecified atom stereocenters. The molecule has 1 amide bonds. The van der Waals surface area contributed by atoms with Crippen molar-refractivity contribution in [3.63, 3.8) is 0 Å². The highest BCUT2D eigenvalue weighted by Gasteiger charge is 2.24. The summed E-state index contributed by atoms with van der Waals surface area (Å²) in [6.45, 7) is 3.74. The van der Waals surface area contributed by atoms with Gasteiger partial charge in [0, 0.05) is 35.5 Å². The molecule has 6 rings (SSSR count). The van der Waals surface area contributed by atoms with Crippen LogP contribution in [0.15, 0.2) is 54.3 Å². The second-order valence-corrected chi connectivity index (χ2v) is 11.2. The number of fused-ring (bicyclic) bond motifs is 1. The molecule has 1 aliphatic rings. The van der Waals surface area contributed by atoms with Crippen molar-refractivity contribution in [1.82, 2.24) is 19.5 Å². The van der Waals surface area contributed by atoms with E-state index in [0.29, 0.717) is 39.9 Å². The number of thiophene rings is 1. The molecule has 3 heterocycles. The van der Waals surface area contributed by atoms with E-state index in [-0.39, 0.29) is 5.91 Å². The molecule has 0 saturated heterocycles. The summed E-state index contributed by atoms with van der Waals surface area (Å²) in [5.74, 6) is 1.30. The Morgan fingerprint density at radius 3 is 2.73 bits per heavy atom. The van der Waals surface area contributed by atoms with E-state index in [2.05, 4.69) is 30.9 Å². The van der Waals surface area contributed by atoms with E-state index in [1.807, 2.05) is 48.9 Å². The first kappa shape index (κ1) is 26.2. The minimum absolute atomic E-state index is 0.298. The Balaban J connectivity index is 1.19. The van der Waals surface area contributed by atoms with Crippen LogP contribution in [-0.2, 0) is 13.2 Å². The second kappa shape index (κ2) is 10.9. The van der Waals surface area contributed by atoms with Gasteiger partial charge in [-0.3, -0.25) is 4.79 Å². The van der Waals surface area contributed by atoms with Crippen molar-refractivity contribution in [3.05, 3.63) is 87.5 Å². The molecule has 40 heavy (non-hydrogen) atoms. The third-order valence-corrected chi connectivity index (χ3v) is 8.01. The number of amides is 1. The van der Waals surface area contributed by atoms with E-state index < -0.39 is 6.67 Å². The first-order chi connectivity index (χ1) is 19.4. The minimum Gasteiger partial charge on any atom is -0.381 e. The van der Waals surface area contributed by atoms with Crippen molar-refractivity contribution in [2.24, 2.45) is 0 Å². The highest BCUT2D eigenvalue weighted by molar-refractivity contribution is 7.18. The highest BCUT2D eigenvalue weighted by Crippen LogP contribution is 2.34. The third kappa shape index (κ3) is 5.50. The molecular weight excluding hydrogens is 549 g/mol. The number of nitrogens with one attached hydrogen (secondary N) is 3. The first-order valence-corrected chi connectivity index (χ1v) is 14.2. The fraction of sp³-hybridized carbons (Fsp3) is 0.241. The summed E-state index contributed by atoms with van der Waals surface area (Å²) in [7, 11) is 0. The quantitative estimate of drug-likeness (QED) is 0.174. The van der Waals surface area contributed by atoms with Gasteiger partial charge in [-0.15, -0.1) is 11.3 Å². The van der Waals surface area contributed by atoms with Crippen LogP contribution in [0.4, 0.5) is 21.6 Å². The lowest BCUT2D eigenvalue weighted by atomic mass is 10.1. The van der Waals surface area contributed by atoms with Crippen molar-refractivity contribution >= 4 is 56.3 Å². The lowest BCUT2D eigenvalue weighted by molar-refractivity contribution is 0.102. The largest absolute Gasteiger partial charge is 0.381 e. The molecule has 204 valence electrons. The van der Waals surface area contributed by atoms with Crippen LogP contribution in [0.3, 0.4) is 0 Å². The molecule has 3 N–H and O–H groups in total. The van der Waals surface area contributed by atoms with Crippen molar-refractivity contribution < 1.29 is 9.18 Å². The number of imidazole rings is 1. The van der Waals surface area contributed by atoms with Crippen LogP contribution in [0.25, 0.3) is 15.9 Å². The number of carbonyl (C=O) groups is 1. The van der Waals surface area contributed by atoms with Gasteiger partial charge < -0.3 is 20.5 Å². The summed E-state index contributed by atoms with van der Waals surface area (Å²) >= 11 is 7.89. The van der Waals surface area contributed by atoms with Crippen LogP contribution < -0.4 is 16.0 Å². The molecule has 0 radical (unpaired) electrons. The predicted molar refractivity (Wildman–Crippen MR) is 159 cm³/mol. The molecule has 0 bridgehead atoms. The van der Waals surface area contributed by atoms with Crippen LogP contribution in [0.2, 0.25) is 5.02 Å². The number of nitrogens with zero attached hydrogens (tertiary/aromatic N) is 4. The van der Waals surface area contributed by atoms with Crippen LogP contribution in [0, 0.1) is 13.8 Å². The average Bonchev–Trinajstić information content (AvgIpc) is 3.54. The fourth-order valence-corrected chi connectivity index (χ4v) is 5.72. The number of rotatable bonds is 9. The molecule has 8 nitrogen and oxygen atoms in total. The van der Waals surface area contributed by atoms with Gasteiger partial charge in [0.25, 0.3) is 5.91 Å². The molecule has 0 aliphatic heterocycles. The van der Waals surface area contributed by atoms with Crippen molar-refractivity contribution in [3.8, 4) is 5.69 Å². The monoisotopic (exact) mass is 575 g/mol. The van der Waals surface area contributed by atoms with E-state index in [0.717, 1.165) is 51.8 Å². The zero-order chi connectivity index (χ0) is 27.8. The molecule has 2 aromatic carbocycles. The van der Waals surface area contributed by atoms with Gasteiger partial charge in [-0.05, 0) is 68.1 Å². The maximum absolute atomic E-state index is 13.7. The minimum atomic E-state index is -0.564. The Hall–Kier alpha value is -4.02. The van der Waals surface area contributed by atoms with Crippen LogP contribution in [0.5, 0.6) is 0 Å². The summed E-state index contributed by atoms with van der Waals surface area (Å²) in [5.41, 5.74) is 5.57. The molecular formula is C29H27ClFN7OS. The Labute approximate surface area is 239 Å². The zero-order valence-corrected chi connectivity index (χ0v) is 23.5. The Morgan fingerprint density at radius 2 is 1.98 bits per heavy atom. The summed E-state index contributed by atoms with van der Waals surface area (Å²) in [6.07, 6.45) is 5.66. The van der Waals surface area contributed by atoms with Gasteiger partial charge in [-0.1, -0.05) is 17.7 Å². The molecule has 3 aromatic heterocycles. The van der Waals surface area contributed by atoms with Gasteiger partial charge in [-0.25, -0.2) is 19.3 Å². The van der Waals surface area contributed by atoms with Gasteiger partial charge in [-0.2, -0.15) is 0 Å². The second-order valence-electron chi connectivity index (χ2n) is 9.91. The smallest absolute Gasteiger partial charge is 0.258 e. The molecule has 11 heteroatoms. The summed E-state index contributed by atoms with van der Waals surface area (Å²) < 4.78 is 16.5. The van der Waals surface area contributed by atoms with E-state index in [1.54, 1.807) is 17.5 Å². The summed E-state index contributed by atoms with van der Waals surface area (Å²) in [6, 6.07) is 11.5. The van der Waals surface area contributed by atoms with E-state index >= 15 is 0 Å². The molecule has 0 atom stereocenters. The summed E-state index contributed by atoms with van der Waals surface area (Å²) in [5, 5.41) is 11.9. The topological polar surface area (TPSA) is 96.8 Å². The lowest BCUT2D eigenvalue weighted by Gasteiger charge is -2.13. The average molecular weight is 576 g/mol. The van der Waals surface area contributed by atoms with E-state index in [1.165, 1.54) is 17.7 Å². The predicted octanol–water partition coefficient (Wildman–Crippen LogP) is 7.06. The molecule has 1 aliphatic carbocycles. The van der Waals surface area contributed by atoms with E-state index in [9.17, 15) is 9.18 Å². The van der Waals surface area contributed by atoms with Gasteiger partial charge in [0.2, 0.25) is 0 Å². The lowest BCUT2D eigenvalue weighted by Crippen LogP contribution is -2.12. The zero-order valence-electron chi connectivity index (χ0n) is 22.0. The van der Waals surface area contributed by atoms with Crippen molar-refractivity contribution in [2.75, 3.05) is 16.0 Å². The number of anilines is 3. The third-order valence-electron chi connectivity index (χ3n) is 6.70. The van der Waals surface area contributed by atoms with Crippen LogP contribution in [-0.4, -0.2) is 31.5 Å². The maximum atomic E-state index is 13.7. The van der Waals surface area contributed by atoms with Gasteiger partial charge in [0.05, 0.1) is 32.2 Å². The number of hydrogen-bond donors (Lipinski definition) is 3. The fourth-order valence-electron chi connectivity index (χ4n) is 4.60. The molecule has 1 saturated carbocycles. The van der Waals surface area contributed by atoms with Gasteiger partial charge in [0.15, 0.2) is 0 Å². The number of carbonyl (C=O) groups excluding carboxylic acids is 1. The maximum Gasteiger partial charge on any atom is 0.258 e. The SMILES string of the molecule is Cc1cn(-c2cc(CF)cc(CNc3ccc(Cl)c(NC(=O)c4csc5c(NC6CC6)ncnc45)c3)c2)c(C)n1. The number of aryl methyl sites for hydroxylation is 2. The van der Waals surface area contributed by atoms with Crippen LogP contribution >= 0.6 is 22.9 Å². The number of hydrogen-bond acceptors (Lipinski definition) is 7. The molecule has 5 aromatic rings. The van der Waals surface area contributed by atoms with Crippen molar-refractivity contribution in [2.45, 2.75) is 46.0 Å². The Morgan fingerprint density at radius 1 is 1.15 bits per heavy atom. The number of benzene rings is 2. The van der Waals surface area contributed by atoms with Crippen molar-refractivity contribution in [1.29, 1.82) is 0 Å². The summed E-state index contributed by atoms with van der Waals surface area (Å²) in [4.78, 5) is 26.4. The molecule has 0 spiro atoms. The molecule has 1 fully saturated rings. The number of aromatic nitrogens is 4. The van der Waals surface area contributed by atoms with Gasteiger partial charge >= 0.3 is 0 Å². The highest BCUT2D eigenvalue weighted by atomic mass is 35.5. The van der Waals surface area contributed by atoms with Gasteiger partial charge in [0.1, 0.15) is 24.6 Å². The Bertz CT molecular complexity index is 1730. The van der Waals surface area contributed by atoms with E-state index in [4.69, 9.17) is 11.6 Å².